The first-order valence-electron chi connectivity index (χ1n) is 7.12. The van der Waals surface area contributed by atoms with Crippen molar-refractivity contribution in [3.8, 4) is 0 Å². The Balaban J connectivity index is 2.43. The predicted octanol–water partition coefficient (Wildman–Crippen LogP) is 2.69. The van der Waals surface area contributed by atoms with Gasteiger partial charge in [0, 0.05) is 12.7 Å². The molecule has 0 saturated carbocycles. The minimum absolute atomic E-state index is 0.0302. The van der Waals surface area contributed by atoms with Crippen LogP contribution >= 0.6 is 11.6 Å². The summed E-state index contributed by atoms with van der Waals surface area (Å²) in [5, 5.41) is 2.83. The van der Waals surface area contributed by atoms with Crippen LogP contribution in [0.1, 0.15) is 32.0 Å². The fraction of sp³-hybridized carbons (Fsp3) is 0.235. The lowest BCUT2D eigenvalue weighted by Crippen LogP contribution is -2.30. The lowest BCUT2D eigenvalue weighted by Gasteiger charge is -2.12. The number of ether oxygens (including phenoxy) is 1. The van der Waals surface area contributed by atoms with Crippen LogP contribution in [0.25, 0.3) is 0 Å². The van der Waals surface area contributed by atoms with Gasteiger partial charge in [0.25, 0.3) is 11.5 Å². The summed E-state index contributed by atoms with van der Waals surface area (Å²) in [5.74, 6) is -1.14. The van der Waals surface area contributed by atoms with Gasteiger partial charge in [-0.2, -0.15) is 0 Å². The lowest BCUT2D eigenvalue weighted by atomic mass is 10.1. The van der Waals surface area contributed by atoms with E-state index in [2.05, 4.69) is 10.1 Å². The van der Waals surface area contributed by atoms with Crippen molar-refractivity contribution in [2.24, 2.45) is 7.05 Å². The first kappa shape index (κ1) is 17.7. The van der Waals surface area contributed by atoms with Gasteiger partial charge in [0.05, 0.1) is 23.4 Å². The molecule has 1 heterocycles. The van der Waals surface area contributed by atoms with Crippen LogP contribution in [0.15, 0.2) is 29.1 Å². The quantitative estimate of drug-likeness (QED) is 0.865. The number of carbonyl (C=O) groups is 2. The Bertz CT molecular complexity index is 887. The fourth-order valence-corrected chi connectivity index (χ4v) is 2.47. The highest BCUT2D eigenvalue weighted by Crippen LogP contribution is 2.24. The third-order valence-corrected chi connectivity index (χ3v) is 4.06. The zero-order chi connectivity index (χ0) is 18.0. The highest BCUT2D eigenvalue weighted by Gasteiger charge is 2.18. The smallest absolute Gasteiger partial charge is 0.337 e. The molecule has 0 aliphatic carbocycles. The van der Waals surface area contributed by atoms with Gasteiger partial charge in [0.15, 0.2) is 0 Å². The van der Waals surface area contributed by atoms with Gasteiger partial charge in [-0.1, -0.05) is 11.6 Å². The molecule has 1 aromatic carbocycles. The van der Waals surface area contributed by atoms with E-state index in [9.17, 15) is 14.4 Å². The van der Waals surface area contributed by atoms with Gasteiger partial charge >= 0.3 is 5.97 Å². The Kier molecular flexibility index (Phi) is 5.09. The number of anilines is 1. The van der Waals surface area contributed by atoms with Crippen molar-refractivity contribution in [1.29, 1.82) is 0 Å². The van der Waals surface area contributed by atoms with Crippen molar-refractivity contribution in [1.82, 2.24) is 4.57 Å². The summed E-state index contributed by atoms with van der Waals surface area (Å²) >= 11 is 6.06. The van der Waals surface area contributed by atoms with Crippen LogP contribution in [0.5, 0.6) is 0 Å². The van der Waals surface area contributed by atoms with Crippen LogP contribution in [0.3, 0.4) is 0 Å². The van der Waals surface area contributed by atoms with Crippen molar-refractivity contribution in [3.05, 3.63) is 62.0 Å². The van der Waals surface area contributed by atoms with E-state index in [1.807, 2.05) is 0 Å². The van der Waals surface area contributed by atoms with E-state index >= 15 is 0 Å². The maximum atomic E-state index is 12.5. The topological polar surface area (TPSA) is 77.4 Å². The van der Waals surface area contributed by atoms with Crippen LogP contribution in [-0.2, 0) is 11.8 Å². The number of rotatable bonds is 3. The molecule has 126 valence electrons. The molecule has 0 aliphatic heterocycles. The SMILES string of the molecule is COC(=O)c1ccc(Cl)c(NC(=O)c2c(C)cc(C)n(C)c2=O)c1. The number of amides is 1. The summed E-state index contributed by atoms with van der Waals surface area (Å²) in [6, 6.07) is 6.12. The van der Waals surface area contributed by atoms with E-state index in [0.29, 0.717) is 5.56 Å². The molecule has 2 aromatic rings. The average Bonchev–Trinajstić information content (AvgIpc) is 2.54. The van der Waals surface area contributed by atoms with E-state index in [1.54, 1.807) is 27.0 Å². The first-order valence-corrected chi connectivity index (χ1v) is 7.50. The van der Waals surface area contributed by atoms with Crippen LogP contribution < -0.4 is 10.9 Å². The summed E-state index contributed by atoms with van der Waals surface area (Å²) < 4.78 is 6.04. The molecule has 1 N–H and O–H groups in total. The van der Waals surface area contributed by atoms with Gasteiger partial charge in [-0.15, -0.1) is 0 Å². The second-order valence-corrected chi connectivity index (χ2v) is 5.76. The second-order valence-electron chi connectivity index (χ2n) is 5.35. The summed E-state index contributed by atoms with van der Waals surface area (Å²) in [7, 11) is 2.85. The van der Waals surface area contributed by atoms with Crippen LogP contribution in [-0.4, -0.2) is 23.6 Å². The van der Waals surface area contributed by atoms with Crippen LogP contribution in [0.2, 0.25) is 5.02 Å². The molecule has 1 aromatic heterocycles. The molecular formula is C17H17ClN2O4. The average molecular weight is 349 g/mol. The van der Waals surface area contributed by atoms with Crippen molar-refractivity contribution in [2.45, 2.75) is 13.8 Å². The van der Waals surface area contributed by atoms with E-state index in [-0.39, 0.29) is 21.8 Å². The molecule has 0 atom stereocenters. The van der Waals surface area contributed by atoms with Gasteiger partial charge in [-0.3, -0.25) is 9.59 Å². The standard InChI is InChI=1S/C17H17ClN2O4/c1-9-7-10(2)20(3)16(22)14(9)15(21)19-13-8-11(17(23)24-4)5-6-12(13)18/h5-8H,1-4H3,(H,19,21). The third-order valence-electron chi connectivity index (χ3n) is 3.73. The number of nitrogens with zero attached hydrogens (tertiary/aromatic N) is 1. The molecule has 0 fully saturated rings. The van der Waals surface area contributed by atoms with E-state index in [0.717, 1.165) is 5.69 Å². The summed E-state index contributed by atoms with van der Waals surface area (Å²) in [5.41, 5.74) is 1.42. The Hall–Kier alpha value is -2.60. The molecule has 0 radical (unpaired) electrons. The number of halogens is 1. The summed E-state index contributed by atoms with van der Waals surface area (Å²) in [6.07, 6.45) is 0. The Morgan fingerprint density at radius 1 is 1.21 bits per heavy atom. The van der Waals surface area contributed by atoms with E-state index in [4.69, 9.17) is 11.6 Å². The molecule has 24 heavy (non-hydrogen) atoms. The molecule has 0 unspecified atom stereocenters. The number of carbonyl (C=O) groups excluding carboxylic acids is 2. The van der Waals surface area contributed by atoms with Crippen molar-refractivity contribution in [2.75, 3.05) is 12.4 Å². The lowest BCUT2D eigenvalue weighted by molar-refractivity contribution is 0.0600. The van der Waals surface area contributed by atoms with Crippen LogP contribution in [0.4, 0.5) is 5.69 Å². The summed E-state index contributed by atoms with van der Waals surface area (Å²) in [4.78, 5) is 36.5. The minimum atomic E-state index is -0.586. The molecule has 7 heteroatoms. The van der Waals surface area contributed by atoms with Gasteiger partial charge < -0.3 is 14.6 Å². The maximum absolute atomic E-state index is 12.5. The Labute approximate surface area is 144 Å². The first-order chi connectivity index (χ1) is 11.3. The van der Waals surface area contributed by atoms with Crippen LogP contribution in [0, 0.1) is 13.8 Å². The van der Waals surface area contributed by atoms with Gasteiger partial charge in [0.2, 0.25) is 0 Å². The molecule has 2 rings (SSSR count). The molecule has 0 aliphatic rings. The molecular weight excluding hydrogens is 332 g/mol. The molecule has 6 nitrogen and oxygen atoms in total. The number of hydrogen-bond acceptors (Lipinski definition) is 4. The fourth-order valence-electron chi connectivity index (χ4n) is 2.31. The van der Waals surface area contributed by atoms with Gasteiger partial charge in [-0.05, 0) is 43.7 Å². The zero-order valence-corrected chi connectivity index (χ0v) is 14.5. The maximum Gasteiger partial charge on any atom is 0.337 e. The van der Waals surface area contributed by atoms with Crippen molar-refractivity contribution >= 4 is 29.2 Å². The number of pyridine rings is 1. The predicted molar refractivity (Wildman–Crippen MR) is 91.9 cm³/mol. The highest BCUT2D eigenvalue weighted by atomic mass is 35.5. The molecule has 1 amide bonds. The number of nitrogens with one attached hydrogen (secondary N) is 1. The van der Waals surface area contributed by atoms with E-state index < -0.39 is 17.4 Å². The van der Waals surface area contributed by atoms with Crippen molar-refractivity contribution in [3.63, 3.8) is 0 Å². The van der Waals surface area contributed by atoms with Gasteiger partial charge in [0.1, 0.15) is 5.56 Å². The number of aryl methyl sites for hydroxylation is 2. The Morgan fingerprint density at radius 2 is 1.88 bits per heavy atom. The Morgan fingerprint density at radius 3 is 2.50 bits per heavy atom. The second kappa shape index (κ2) is 6.88. The molecule has 0 bridgehead atoms. The number of hydrogen-bond donors (Lipinski definition) is 1. The van der Waals surface area contributed by atoms with Crippen molar-refractivity contribution < 1.29 is 14.3 Å². The van der Waals surface area contributed by atoms with E-state index in [1.165, 1.54) is 29.9 Å². The number of esters is 1. The zero-order valence-electron chi connectivity index (χ0n) is 13.8. The monoisotopic (exact) mass is 348 g/mol. The van der Waals surface area contributed by atoms with Gasteiger partial charge in [-0.25, -0.2) is 4.79 Å². The molecule has 0 saturated heterocycles. The number of benzene rings is 1. The number of aromatic nitrogens is 1. The number of methoxy groups -OCH3 is 1. The summed E-state index contributed by atoms with van der Waals surface area (Å²) in [6.45, 7) is 3.47. The normalized spacial score (nSPS) is 10.4. The largest absolute Gasteiger partial charge is 0.465 e. The minimum Gasteiger partial charge on any atom is -0.465 e. The highest BCUT2D eigenvalue weighted by molar-refractivity contribution is 6.34. The third kappa shape index (κ3) is 3.33. The molecule has 0 spiro atoms.